The number of carbonyl (C=O) groups is 2. The SMILES string of the molecule is CCC(C(=O)NC)N(Cc1ccc(OC)cc1)C(=O)Cc1ccc(Cl)cc1. The lowest BCUT2D eigenvalue weighted by Gasteiger charge is -2.30. The monoisotopic (exact) mass is 388 g/mol. The van der Waals surface area contributed by atoms with Crippen molar-refractivity contribution in [2.75, 3.05) is 14.2 Å². The lowest BCUT2D eigenvalue weighted by atomic mass is 10.1. The van der Waals surface area contributed by atoms with Crippen LogP contribution in [0.5, 0.6) is 5.75 Å². The first-order valence-corrected chi connectivity index (χ1v) is 9.24. The molecule has 0 aliphatic heterocycles. The minimum absolute atomic E-state index is 0.108. The van der Waals surface area contributed by atoms with Crippen molar-refractivity contribution in [1.29, 1.82) is 0 Å². The van der Waals surface area contributed by atoms with Crippen LogP contribution in [0.4, 0.5) is 0 Å². The van der Waals surface area contributed by atoms with E-state index in [2.05, 4.69) is 5.32 Å². The summed E-state index contributed by atoms with van der Waals surface area (Å²) in [4.78, 5) is 27.0. The number of likely N-dealkylation sites (N-methyl/N-ethyl adjacent to an activating group) is 1. The Hall–Kier alpha value is -2.53. The minimum Gasteiger partial charge on any atom is -0.497 e. The second kappa shape index (κ2) is 9.97. The van der Waals surface area contributed by atoms with Crippen LogP contribution in [0.2, 0.25) is 5.02 Å². The summed E-state index contributed by atoms with van der Waals surface area (Å²) in [6, 6.07) is 14.1. The molecule has 0 saturated heterocycles. The van der Waals surface area contributed by atoms with E-state index in [-0.39, 0.29) is 18.2 Å². The Kier molecular flexibility index (Phi) is 7.67. The third-order valence-electron chi connectivity index (χ3n) is 4.41. The average molecular weight is 389 g/mol. The molecule has 5 nitrogen and oxygen atoms in total. The zero-order valence-corrected chi connectivity index (χ0v) is 16.6. The van der Waals surface area contributed by atoms with E-state index in [1.54, 1.807) is 31.2 Å². The molecule has 1 N–H and O–H groups in total. The summed E-state index contributed by atoms with van der Waals surface area (Å²) in [5.41, 5.74) is 1.79. The van der Waals surface area contributed by atoms with E-state index >= 15 is 0 Å². The molecular formula is C21H25ClN2O3. The molecule has 2 amide bonds. The highest BCUT2D eigenvalue weighted by Gasteiger charge is 2.27. The standard InChI is InChI=1S/C21H25ClN2O3/c1-4-19(21(26)23-2)24(14-16-7-11-18(27-3)12-8-16)20(25)13-15-5-9-17(22)10-6-15/h5-12,19H,4,13-14H2,1-3H3,(H,23,26). The maximum Gasteiger partial charge on any atom is 0.242 e. The molecule has 0 fully saturated rings. The Morgan fingerprint density at radius 1 is 1.07 bits per heavy atom. The van der Waals surface area contributed by atoms with Gasteiger partial charge in [0.25, 0.3) is 0 Å². The summed E-state index contributed by atoms with van der Waals surface area (Å²) in [7, 11) is 3.19. The fourth-order valence-electron chi connectivity index (χ4n) is 2.89. The zero-order chi connectivity index (χ0) is 19.8. The highest BCUT2D eigenvalue weighted by molar-refractivity contribution is 6.30. The van der Waals surface area contributed by atoms with E-state index in [4.69, 9.17) is 16.3 Å². The largest absolute Gasteiger partial charge is 0.497 e. The number of amides is 2. The number of nitrogens with zero attached hydrogens (tertiary/aromatic N) is 1. The first kappa shape index (κ1) is 20.8. The molecule has 0 bridgehead atoms. The van der Waals surface area contributed by atoms with Crippen molar-refractivity contribution in [3.8, 4) is 5.75 Å². The third kappa shape index (κ3) is 5.73. The molecule has 2 rings (SSSR count). The van der Waals surface area contributed by atoms with Gasteiger partial charge < -0.3 is 15.0 Å². The number of rotatable bonds is 8. The molecule has 2 aromatic carbocycles. The predicted octanol–water partition coefficient (Wildman–Crippen LogP) is 3.44. The molecule has 0 heterocycles. The number of carbonyl (C=O) groups excluding carboxylic acids is 2. The van der Waals surface area contributed by atoms with Gasteiger partial charge in [-0.15, -0.1) is 0 Å². The van der Waals surface area contributed by atoms with Crippen molar-refractivity contribution in [1.82, 2.24) is 10.2 Å². The molecule has 0 aliphatic rings. The average Bonchev–Trinajstić information content (AvgIpc) is 2.69. The predicted molar refractivity (Wildman–Crippen MR) is 107 cm³/mol. The number of benzene rings is 2. The fraction of sp³-hybridized carbons (Fsp3) is 0.333. The molecule has 0 radical (unpaired) electrons. The van der Waals surface area contributed by atoms with Crippen molar-refractivity contribution < 1.29 is 14.3 Å². The van der Waals surface area contributed by atoms with E-state index in [0.717, 1.165) is 16.9 Å². The van der Waals surface area contributed by atoms with E-state index < -0.39 is 6.04 Å². The van der Waals surface area contributed by atoms with Gasteiger partial charge in [-0.2, -0.15) is 0 Å². The lowest BCUT2D eigenvalue weighted by Crippen LogP contribution is -2.48. The third-order valence-corrected chi connectivity index (χ3v) is 4.66. The summed E-state index contributed by atoms with van der Waals surface area (Å²) >= 11 is 5.92. The van der Waals surface area contributed by atoms with E-state index in [1.165, 1.54) is 0 Å². The van der Waals surface area contributed by atoms with E-state index in [0.29, 0.717) is 18.0 Å². The molecular weight excluding hydrogens is 364 g/mol. The van der Waals surface area contributed by atoms with Gasteiger partial charge in [0.1, 0.15) is 11.8 Å². The van der Waals surface area contributed by atoms with Crippen LogP contribution in [0.3, 0.4) is 0 Å². The van der Waals surface area contributed by atoms with E-state index in [1.807, 2.05) is 43.3 Å². The molecule has 6 heteroatoms. The number of ether oxygens (including phenoxy) is 1. The second-order valence-electron chi connectivity index (χ2n) is 6.21. The highest BCUT2D eigenvalue weighted by atomic mass is 35.5. The van der Waals surface area contributed by atoms with Gasteiger partial charge >= 0.3 is 0 Å². The molecule has 2 aromatic rings. The van der Waals surface area contributed by atoms with Crippen molar-refractivity contribution in [3.63, 3.8) is 0 Å². The van der Waals surface area contributed by atoms with Crippen LogP contribution in [-0.4, -0.2) is 36.9 Å². The number of nitrogens with one attached hydrogen (secondary N) is 1. The molecule has 0 aromatic heterocycles. The first-order valence-electron chi connectivity index (χ1n) is 8.87. The Balaban J connectivity index is 2.25. The maximum absolute atomic E-state index is 13.0. The minimum atomic E-state index is -0.531. The lowest BCUT2D eigenvalue weighted by molar-refractivity contribution is -0.140. The van der Waals surface area contributed by atoms with Crippen LogP contribution in [0.15, 0.2) is 48.5 Å². The first-order chi connectivity index (χ1) is 13.0. The number of hydrogen-bond acceptors (Lipinski definition) is 3. The van der Waals surface area contributed by atoms with Crippen molar-refractivity contribution in [3.05, 3.63) is 64.7 Å². The molecule has 0 saturated carbocycles. The zero-order valence-electron chi connectivity index (χ0n) is 15.9. The fourth-order valence-corrected chi connectivity index (χ4v) is 3.02. The topological polar surface area (TPSA) is 58.6 Å². The summed E-state index contributed by atoms with van der Waals surface area (Å²) in [5.74, 6) is 0.468. The molecule has 1 unspecified atom stereocenters. The van der Waals surface area contributed by atoms with Gasteiger partial charge in [0.05, 0.1) is 13.5 Å². The molecule has 27 heavy (non-hydrogen) atoms. The van der Waals surface area contributed by atoms with Crippen molar-refractivity contribution in [2.45, 2.75) is 32.4 Å². The van der Waals surface area contributed by atoms with Gasteiger partial charge in [0.15, 0.2) is 0 Å². The number of methoxy groups -OCH3 is 1. The summed E-state index contributed by atoms with van der Waals surface area (Å²) in [6.45, 7) is 2.25. The van der Waals surface area contributed by atoms with Gasteiger partial charge in [-0.25, -0.2) is 0 Å². The summed E-state index contributed by atoms with van der Waals surface area (Å²) in [6.07, 6.45) is 0.739. The Labute approximate surface area is 165 Å². The quantitative estimate of drug-likeness (QED) is 0.753. The van der Waals surface area contributed by atoms with Gasteiger partial charge in [-0.05, 0) is 41.8 Å². The van der Waals surface area contributed by atoms with Crippen molar-refractivity contribution in [2.24, 2.45) is 0 Å². The highest BCUT2D eigenvalue weighted by Crippen LogP contribution is 2.18. The Bertz CT molecular complexity index is 760. The van der Waals surface area contributed by atoms with Crippen LogP contribution in [0.1, 0.15) is 24.5 Å². The molecule has 0 spiro atoms. The van der Waals surface area contributed by atoms with Crippen LogP contribution in [0.25, 0.3) is 0 Å². The number of halogens is 1. The van der Waals surface area contributed by atoms with Crippen LogP contribution >= 0.6 is 11.6 Å². The normalized spacial score (nSPS) is 11.6. The molecule has 0 aliphatic carbocycles. The van der Waals surface area contributed by atoms with Gasteiger partial charge in [-0.3, -0.25) is 9.59 Å². The van der Waals surface area contributed by atoms with Crippen molar-refractivity contribution >= 4 is 23.4 Å². The van der Waals surface area contributed by atoms with E-state index in [9.17, 15) is 9.59 Å². The molecule has 144 valence electrons. The van der Waals surface area contributed by atoms with Crippen LogP contribution in [0, 0.1) is 0 Å². The van der Waals surface area contributed by atoms with Crippen LogP contribution < -0.4 is 10.1 Å². The van der Waals surface area contributed by atoms with Crippen LogP contribution in [-0.2, 0) is 22.6 Å². The smallest absolute Gasteiger partial charge is 0.242 e. The van der Waals surface area contributed by atoms with Gasteiger partial charge in [0.2, 0.25) is 11.8 Å². The maximum atomic E-state index is 13.0. The summed E-state index contributed by atoms with van der Waals surface area (Å²) < 4.78 is 5.18. The van der Waals surface area contributed by atoms with Gasteiger partial charge in [0, 0.05) is 18.6 Å². The number of hydrogen-bond donors (Lipinski definition) is 1. The Morgan fingerprint density at radius 2 is 1.67 bits per heavy atom. The summed E-state index contributed by atoms with van der Waals surface area (Å²) in [5, 5.41) is 3.28. The molecule has 1 atom stereocenters. The second-order valence-corrected chi connectivity index (χ2v) is 6.65. The Morgan fingerprint density at radius 3 is 2.19 bits per heavy atom. The van der Waals surface area contributed by atoms with Gasteiger partial charge in [-0.1, -0.05) is 42.8 Å².